The fourth-order valence-corrected chi connectivity index (χ4v) is 3.05. The van der Waals surface area contributed by atoms with Gasteiger partial charge in [-0.1, -0.05) is 12.1 Å². The van der Waals surface area contributed by atoms with Crippen molar-refractivity contribution in [3.05, 3.63) is 54.7 Å². The first-order valence-electron chi connectivity index (χ1n) is 9.11. The summed E-state index contributed by atoms with van der Waals surface area (Å²) in [7, 11) is 0. The zero-order valence-corrected chi connectivity index (χ0v) is 14.9. The Labute approximate surface area is 157 Å². The number of nitrogens with zero attached hydrogens (tertiary/aromatic N) is 2. The molecule has 6 heteroatoms. The molecular formula is C21H21N3O3. The molecule has 1 aliphatic rings. The Morgan fingerprint density at radius 3 is 2.74 bits per heavy atom. The van der Waals surface area contributed by atoms with Gasteiger partial charge in [0.1, 0.15) is 5.75 Å². The molecule has 1 aliphatic heterocycles. The van der Waals surface area contributed by atoms with Gasteiger partial charge >= 0.3 is 0 Å². The maximum atomic E-state index is 11.9. The molecule has 138 valence electrons. The van der Waals surface area contributed by atoms with E-state index in [0.29, 0.717) is 12.3 Å². The van der Waals surface area contributed by atoms with Crippen LogP contribution >= 0.6 is 0 Å². The molecule has 4 rings (SSSR count). The second-order valence-corrected chi connectivity index (χ2v) is 6.50. The minimum atomic E-state index is -0.144. The number of carbonyl (C=O) groups is 1. The van der Waals surface area contributed by atoms with Crippen LogP contribution in [0.4, 0.5) is 0 Å². The van der Waals surface area contributed by atoms with Gasteiger partial charge in [-0.25, -0.2) is 4.98 Å². The first kappa shape index (κ1) is 17.4. The Morgan fingerprint density at radius 2 is 1.96 bits per heavy atom. The topological polar surface area (TPSA) is 73.3 Å². The molecular weight excluding hydrogens is 342 g/mol. The third-order valence-electron chi connectivity index (χ3n) is 4.52. The molecule has 0 radical (unpaired) electrons. The monoisotopic (exact) mass is 363 g/mol. The van der Waals surface area contributed by atoms with Crippen molar-refractivity contribution in [1.82, 2.24) is 15.3 Å². The van der Waals surface area contributed by atoms with Gasteiger partial charge in [0.15, 0.2) is 6.61 Å². The average molecular weight is 363 g/mol. The van der Waals surface area contributed by atoms with Crippen molar-refractivity contribution in [3.63, 3.8) is 0 Å². The van der Waals surface area contributed by atoms with Gasteiger partial charge in [-0.2, -0.15) is 0 Å². The van der Waals surface area contributed by atoms with Crippen molar-refractivity contribution < 1.29 is 14.3 Å². The van der Waals surface area contributed by atoms with Crippen molar-refractivity contribution in [3.8, 4) is 17.0 Å². The number of benzene rings is 2. The van der Waals surface area contributed by atoms with Gasteiger partial charge in [-0.3, -0.25) is 9.78 Å². The molecule has 1 atom stereocenters. The van der Waals surface area contributed by atoms with Gasteiger partial charge in [-0.05, 0) is 49.2 Å². The van der Waals surface area contributed by atoms with E-state index in [1.165, 1.54) is 0 Å². The molecule has 27 heavy (non-hydrogen) atoms. The molecule has 1 amide bonds. The Balaban J connectivity index is 1.33. The van der Waals surface area contributed by atoms with E-state index in [-0.39, 0.29) is 18.6 Å². The Morgan fingerprint density at radius 1 is 1.15 bits per heavy atom. The average Bonchev–Trinajstić information content (AvgIpc) is 3.24. The third kappa shape index (κ3) is 4.41. The summed E-state index contributed by atoms with van der Waals surface area (Å²) in [6.45, 7) is 1.31. The second kappa shape index (κ2) is 8.14. The van der Waals surface area contributed by atoms with Crippen molar-refractivity contribution in [2.75, 3.05) is 19.8 Å². The molecule has 2 heterocycles. The third-order valence-corrected chi connectivity index (χ3v) is 4.52. The zero-order valence-electron chi connectivity index (χ0n) is 14.9. The lowest BCUT2D eigenvalue weighted by atomic mass is 10.1. The number of fused-ring (bicyclic) bond motifs is 1. The standard InChI is InChI=1S/C21H21N3O3/c25-21(23-12-17-4-3-11-26-17)14-27-16-9-7-15(8-10-16)20-13-22-18-5-1-2-6-19(18)24-20/h1-2,5-10,13,17H,3-4,11-12,14H2,(H,23,25). The van der Waals surface area contributed by atoms with Crippen LogP contribution in [0.5, 0.6) is 5.75 Å². The normalized spacial score (nSPS) is 16.4. The maximum Gasteiger partial charge on any atom is 0.258 e. The Bertz CT molecular complexity index is 921. The summed E-state index contributed by atoms with van der Waals surface area (Å²) < 4.78 is 11.0. The molecule has 1 N–H and O–H groups in total. The van der Waals surface area contributed by atoms with E-state index < -0.39 is 0 Å². The summed E-state index contributed by atoms with van der Waals surface area (Å²) >= 11 is 0. The fraction of sp³-hybridized carbons (Fsp3) is 0.286. The quantitative estimate of drug-likeness (QED) is 0.729. The van der Waals surface area contributed by atoms with Crippen molar-refractivity contribution in [2.45, 2.75) is 18.9 Å². The van der Waals surface area contributed by atoms with Crippen LogP contribution in [0.15, 0.2) is 54.7 Å². The number of nitrogens with one attached hydrogen (secondary N) is 1. The van der Waals surface area contributed by atoms with E-state index >= 15 is 0 Å². The van der Waals surface area contributed by atoms with Crippen LogP contribution in [-0.4, -0.2) is 41.7 Å². The molecule has 0 saturated carbocycles. The second-order valence-electron chi connectivity index (χ2n) is 6.50. The van der Waals surface area contributed by atoms with Gasteiger partial charge in [0.2, 0.25) is 0 Å². The van der Waals surface area contributed by atoms with Crippen LogP contribution in [0.25, 0.3) is 22.3 Å². The highest BCUT2D eigenvalue weighted by molar-refractivity contribution is 5.78. The predicted octanol–water partition coefficient (Wildman–Crippen LogP) is 2.97. The van der Waals surface area contributed by atoms with Gasteiger partial charge in [0.25, 0.3) is 5.91 Å². The highest BCUT2D eigenvalue weighted by Crippen LogP contribution is 2.22. The minimum Gasteiger partial charge on any atom is -0.484 e. The van der Waals surface area contributed by atoms with Gasteiger partial charge in [-0.15, -0.1) is 0 Å². The molecule has 1 saturated heterocycles. The van der Waals surface area contributed by atoms with E-state index in [4.69, 9.17) is 9.47 Å². The Kier molecular flexibility index (Phi) is 5.25. The smallest absolute Gasteiger partial charge is 0.258 e. The van der Waals surface area contributed by atoms with Crippen molar-refractivity contribution >= 4 is 16.9 Å². The summed E-state index contributed by atoms with van der Waals surface area (Å²) in [4.78, 5) is 20.9. The summed E-state index contributed by atoms with van der Waals surface area (Å²) in [5, 5.41) is 2.84. The van der Waals surface area contributed by atoms with E-state index in [1.54, 1.807) is 6.20 Å². The molecule has 1 fully saturated rings. The number of amides is 1. The van der Waals surface area contributed by atoms with Crippen molar-refractivity contribution in [1.29, 1.82) is 0 Å². The summed E-state index contributed by atoms with van der Waals surface area (Å²) in [6, 6.07) is 15.3. The lowest BCUT2D eigenvalue weighted by Gasteiger charge is -2.11. The predicted molar refractivity (Wildman–Crippen MR) is 102 cm³/mol. The molecule has 0 bridgehead atoms. The van der Waals surface area contributed by atoms with E-state index in [1.807, 2.05) is 48.5 Å². The van der Waals surface area contributed by atoms with Crippen LogP contribution in [0.2, 0.25) is 0 Å². The van der Waals surface area contributed by atoms with Gasteiger partial charge in [0.05, 0.1) is 29.0 Å². The number of hydrogen-bond donors (Lipinski definition) is 1. The van der Waals surface area contributed by atoms with E-state index in [2.05, 4.69) is 15.3 Å². The number of rotatable bonds is 6. The number of para-hydroxylation sites is 2. The van der Waals surface area contributed by atoms with Gasteiger partial charge in [0, 0.05) is 18.7 Å². The molecule has 2 aromatic carbocycles. The lowest BCUT2D eigenvalue weighted by molar-refractivity contribution is -0.123. The highest BCUT2D eigenvalue weighted by Gasteiger charge is 2.16. The zero-order chi connectivity index (χ0) is 18.5. The van der Waals surface area contributed by atoms with Crippen LogP contribution < -0.4 is 10.1 Å². The van der Waals surface area contributed by atoms with E-state index in [9.17, 15) is 4.79 Å². The minimum absolute atomic E-state index is 0.0121. The van der Waals surface area contributed by atoms with Crippen LogP contribution in [0, 0.1) is 0 Å². The van der Waals surface area contributed by atoms with Crippen LogP contribution in [-0.2, 0) is 9.53 Å². The molecule has 0 spiro atoms. The molecule has 1 unspecified atom stereocenters. The molecule has 3 aromatic rings. The fourth-order valence-electron chi connectivity index (χ4n) is 3.05. The molecule has 1 aromatic heterocycles. The van der Waals surface area contributed by atoms with Crippen LogP contribution in [0.3, 0.4) is 0 Å². The number of aromatic nitrogens is 2. The number of carbonyl (C=O) groups excluding carboxylic acids is 1. The molecule has 0 aliphatic carbocycles. The number of hydrogen-bond acceptors (Lipinski definition) is 5. The maximum absolute atomic E-state index is 11.9. The summed E-state index contributed by atoms with van der Waals surface area (Å²) in [5.41, 5.74) is 3.48. The van der Waals surface area contributed by atoms with Crippen molar-refractivity contribution in [2.24, 2.45) is 0 Å². The Hall–Kier alpha value is -2.99. The first-order valence-corrected chi connectivity index (χ1v) is 9.11. The highest BCUT2D eigenvalue weighted by atomic mass is 16.5. The largest absolute Gasteiger partial charge is 0.484 e. The molecule has 6 nitrogen and oxygen atoms in total. The van der Waals surface area contributed by atoms with Crippen LogP contribution in [0.1, 0.15) is 12.8 Å². The lowest BCUT2D eigenvalue weighted by Crippen LogP contribution is -2.35. The summed E-state index contributed by atoms with van der Waals surface area (Å²) in [6.07, 6.45) is 3.96. The summed E-state index contributed by atoms with van der Waals surface area (Å²) in [5.74, 6) is 0.495. The number of ether oxygens (including phenoxy) is 2. The SMILES string of the molecule is O=C(COc1ccc(-c2cnc3ccccc3n2)cc1)NCC1CCCO1. The first-order chi connectivity index (χ1) is 13.3. The van der Waals surface area contributed by atoms with Gasteiger partial charge < -0.3 is 14.8 Å². The van der Waals surface area contributed by atoms with E-state index in [0.717, 1.165) is 41.7 Å².